The topological polar surface area (TPSA) is 35.5 Å². The molecule has 0 saturated heterocycles. The molecular formula is C15H17O3PS. The smallest absolute Gasteiger partial charge is 0.291 e. The van der Waals surface area contributed by atoms with Crippen molar-refractivity contribution < 1.29 is 13.8 Å². The van der Waals surface area contributed by atoms with Gasteiger partial charge in [-0.15, -0.1) is 0 Å². The summed E-state index contributed by atoms with van der Waals surface area (Å²) in [6.45, 7) is -0.678. The van der Waals surface area contributed by atoms with Crippen LogP contribution >= 0.6 is 18.0 Å². The van der Waals surface area contributed by atoms with Crippen LogP contribution in [0.4, 0.5) is 0 Å². The molecule has 0 radical (unpaired) electrons. The molecule has 20 heavy (non-hydrogen) atoms. The third-order valence-electron chi connectivity index (χ3n) is 2.66. The lowest BCUT2D eigenvalue weighted by Gasteiger charge is -2.17. The summed E-state index contributed by atoms with van der Waals surface area (Å²) in [6, 6.07) is 16.8. The van der Waals surface area contributed by atoms with E-state index in [2.05, 4.69) is 0 Å². The Hall–Kier alpha value is -1.22. The van der Waals surface area contributed by atoms with Gasteiger partial charge in [0.05, 0.1) is 13.7 Å². The Morgan fingerprint density at radius 1 is 1.05 bits per heavy atom. The van der Waals surface area contributed by atoms with Gasteiger partial charge in [-0.1, -0.05) is 18.2 Å². The summed E-state index contributed by atoms with van der Waals surface area (Å²) in [7, 11) is 1.62. The average molecular weight is 308 g/mol. The molecule has 106 valence electrons. The minimum atomic E-state index is -2.94. The number of rotatable bonds is 6. The minimum Gasteiger partial charge on any atom is -0.497 e. The Balaban J connectivity index is 2.27. The molecule has 0 aliphatic heterocycles. The van der Waals surface area contributed by atoms with Gasteiger partial charge >= 0.3 is 0 Å². The molecule has 1 unspecified atom stereocenters. The summed E-state index contributed by atoms with van der Waals surface area (Å²) in [5.74, 6) is 0.778. The highest BCUT2D eigenvalue weighted by Gasteiger charge is 2.27. The van der Waals surface area contributed by atoms with Crippen LogP contribution < -0.4 is 10.0 Å². The lowest BCUT2D eigenvalue weighted by molar-refractivity contribution is 0.353. The van der Waals surface area contributed by atoms with E-state index in [9.17, 15) is 4.57 Å². The molecule has 3 nitrogen and oxygen atoms in total. The molecule has 0 aliphatic carbocycles. The van der Waals surface area contributed by atoms with Crippen molar-refractivity contribution in [3.63, 3.8) is 0 Å². The number of benzene rings is 2. The molecule has 0 amide bonds. The van der Waals surface area contributed by atoms with Crippen molar-refractivity contribution in [1.82, 2.24) is 0 Å². The van der Waals surface area contributed by atoms with Gasteiger partial charge in [-0.25, -0.2) is 0 Å². The monoisotopic (exact) mass is 308 g/mol. The fraction of sp³-hybridized carbons (Fsp3) is 0.200. The van der Waals surface area contributed by atoms with E-state index in [1.165, 1.54) is 11.4 Å². The van der Waals surface area contributed by atoms with Gasteiger partial charge in [0, 0.05) is 10.2 Å². The second kappa shape index (κ2) is 6.98. The normalized spacial score (nSPS) is 13.7. The predicted octanol–water partition coefficient (Wildman–Crippen LogP) is 4.34. The van der Waals surface area contributed by atoms with Gasteiger partial charge in [-0.05, 0) is 54.7 Å². The van der Waals surface area contributed by atoms with E-state index < -0.39 is 6.57 Å². The summed E-state index contributed by atoms with van der Waals surface area (Å²) in [6.07, 6.45) is 0. The van der Waals surface area contributed by atoms with Gasteiger partial charge in [-0.3, -0.25) is 4.57 Å². The van der Waals surface area contributed by atoms with Gasteiger partial charge in [0.2, 0.25) is 0 Å². The number of methoxy groups -OCH3 is 1. The van der Waals surface area contributed by atoms with Crippen LogP contribution in [0.5, 0.6) is 5.75 Å². The molecule has 0 bridgehead atoms. The first kappa shape index (κ1) is 15.2. The molecule has 5 heteroatoms. The molecule has 0 spiro atoms. The molecule has 0 saturated carbocycles. The minimum absolute atomic E-state index is 0.412. The fourth-order valence-electron chi connectivity index (χ4n) is 1.71. The molecule has 2 aromatic carbocycles. The number of hydrogen-bond acceptors (Lipinski definition) is 4. The maximum Gasteiger partial charge on any atom is 0.291 e. The number of ether oxygens (including phenoxy) is 1. The molecule has 0 heterocycles. The Morgan fingerprint density at radius 3 is 2.25 bits per heavy atom. The summed E-state index contributed by atoms with van der Waals surface area (Å²) in [5.41, 5.74) is 0. The zero-order valence-corrected chi connectivity index (χ0v) is 13.2. The van der Waals surface area contributed by atoms with Crippen molar-refractivity contribution in [1.29, 1.82) is 0 Å². The predicted molar refractivity (Wildman–Crippen MR) is 84.2 cm³/mol. The summed E-state index contributed by atoms with van der Waals surface area (Å²) >= 11 is 1.27. The van der Waals surface area contributed by atoms with Crippen LogP contribution in [0.3, 0.4) is 0 Å². The first-order valence-electron chi connectivity index (χ1n) is 6.32. The standard InChI is InChI=1S/C15H17O3PS/c1-3-18-19(16,14-7-5-4-6-8-14)20-15-11-9-13(17-2)10-12-15/h4-12H,3H2,1-2H3. The van der Waals surface area contributed by atoms with Crippen molar-refractivity contribution in [2.45, 2.75) is 11.8 Å². The van der Waals surface area contributed by atoms with Crippen LogP contribution in [0, 0.1) is 0 Å². The zero-order chi connectivity index (χ0) is 14.4. The highest BCUT2D eigenvalue weighted by Crippen LogP contribution is 2.61. The Bertz CT molecular complexity index is 584. The Morgan fingerprint density at radius 2 is 1.70 bits per heavy atom. The van der Waals surface area contributed by atoms with Crippen LogP contribution in [0.2, 0.25) is 0 Å². The molecular weight excluding hydrogens is 291 g/mol. The van der Waals surface area contributed by atoms with Crippen LogP contribution in [0.1, 0.15) is 6.92 Å². The second-order valence-electron chi connectivity index (χ2n) is 4.02. The van der Waals surface area contributed by atoms with E-state index in [4.69, 9.17) is 9.26 Å². The van der Waals surface area contributed by atoms with Gasteiger partial charge in [0.25, 0.3) is 6.57 Å². The van der Waals surface area contributed by atoms with Crippen molar-refractivity contribution in [2.24, 2.45) is 0 Å². The van der Waals surface area contributed by atoms with Crippen molar-refractivity contribution >= 4 is 23.3 Å². The first-order valence-corrected chi connectivity index (χ1v) is 9.36. The van der Waals surface area contributed by atoms with Crippen molar-refractivity contribution in [3.05, 3.63) is 54.6 Å². The van der Waals surface area contributed by atoms with Gasteiger partial charge in [0.1, 0.15) is 5.75 Å². The quantitative estimate of drug-likeness (QED) is 0.744. The third-order valence-corrected chi connectivity index (χ3v) is 7.21. The maximum atomic E-state index is 13.0. The molecule has 2 aromatic rings. The molecule has 0 N–H and O–H groups in total. The van der Waals surface area contributed by atoms with Crippen LogP contribution in [0.15, 0.2) is 59.5 Å². The molecule has 0 aromatic heterocycles. The zero-order valence-electron chi connectivity index (χ0n) is 11.5. The van der Waals surface area contributed by atoms with Gasteiger partial charge in [-0.2, -0.15) is 0 Å². The third kappa shape index (κ3) is 3.66. The lowest BCUT2D eigenvalue weighted by atomic mass is 10.3. The molecule has 2 rings (SSSR count). The number of hydrogen-bond donors (Lipinski definition) is 0. The van der Waals surface area contributed by atoms with Crippen molar-refractivity contribution in [3.8, 4) is 5.75 Å². The lowest BCUT2D eigenvalue weighted by Crippen LogP contribution is -2.04. The van der Waals surface area contributed by atoms with Crippen LogP contribution in [-0.2, 0) is 9.09 Å². The molecule has 1 atom stereocenters. The first-order chi connectivity index (χ1) is 9.68. The Labute approximate surface area is 123 Å². The van der Waals surface area contributed by atoms with Crippen molar-refractivity contribution in [2.75, 3.05) is 13.7 Å². The van der Waals surface area contributed by atoms with Crippen LogP contribution in [-0.4, -0.2) is 13.7 Å². The van der Waals surface area contributed by atoms with E-state index in [1.807, 2.05) is 61.5 Å². The van der Waals surface area contributed by atoms with Gasteiger partial charge in [0.15, 0.2) is 0 Å². The van der Waals surface area contributed by atoms with E-state index in [0.29, 0.717) is 6.61 Å². The fourth-order valence-corrected chi connectivity index (χ4v) is 5.78. The van der Waals surface area contributed by atoms with E-state index in [1.54, 1.807) is 7.11 Å². The van der Waals surface area contributed by atoms with E-state index >= 15 is 0 Å². The summed E-state index contributed by atoms with van der Waals surface area (Å²) in [5, 5.41) is 0.725. The Kier molecular flexibility index (Phi) is 5.30. The highest BCUT2D eigenvalue weighted by molar-refractivity contribution is 8.58. The van der Waals surface area contributed by atoms with Crippen LogP contribution in [0.25, 0.3) is 0 Å². The largest absolute Gasteiger partial charge is 0.497 e. The highest BCUT2D eigenvalue weighted by atomic mass is 32.7. The second-order valence-corrected chi connectivity index (χ2v) is 8.43. The molecule has 0 fully saturated rings. The average Bonchev–Trinajstić information content (AvgIpc) is 2.49. The van der Waals surface area contributed by atoms with E-state index in [-0.39, 0.29) is 0 Å². The molecule has 0 aliphatic rings. The summed E-state index contributed by atoms with van der Waals surface area (Å²) < 4.78 is 23.7. The SMILES string of the molecule is CCOP(=O)(Sc1ccc(OC)cc1)c1ccccc1. The van der Waals surface area contributed by atoms with E-state index in [0.717, 1.165) is 15.9 Å². The van der Waals surface area contributed by atoms with Gasteiger partial charge < -0.3 is 9.26 Å². The maximum absolute atomic E-state index is 13.0. The summed E-state index contributed by atoms with van der Waals surface area (Å²) in [4.78, 5) is 0.895.